The number of carbonyl (C=O) groups is 3. The minimum absolute atomic E-state index is 0.0111. The highest BCUT2D eigenvalue weighted by Crippen LogP contribution is 2.35. The fourth-order valence-corrected chi connectivity index (χ4v) is 2.64. The highest BCUT2D eigenvalue weighted by molar-refractivity contribution is 6.05. The van der Waals surface area contributed by atoms with Gasteiger partial charge in [-0.1, -0.05) is 0 Å². The van der Waals surface area contributed by atoms with E-state index in [1.807, 2.05) is 0 Å². The first-order valence-corrected chi connectivity index (χ1v) is 7.97. The molecule has 10 nitrogen and oxygen atoms in total. The fraction of sp³-hybridized carbons (Fsp3) is 0.118. The molecule has 0 saturated heterocycles. The summed E-state index contributed by atoms with van der Waals surface area (Å²) in [5.74, 6) is -4.94. The lowest BCUT2D eigenvalue weighted by atomic mass is 10.1. The molecular formula is C17H12F2N4O6. The third kappa shape index (κ3) is 3.95. The number of hydrogen-bond acceptors (Lipinski definition) is 6. The molecule has 2 aromatic carbocycles. The van der Waals surface area contributed by atoms with Gasteiger partial charge in [0.25, 0.3) is 17.5 Å². The van der Waals surface area contributed by atoms with Crippen molar-refractivity contribution in [1.29, 1.82) is 0 Å². The summed E-state index contributed by atoms with van der Waals surface area (Å²) in [7, 11) is 0. The van der Waals surface area contributed by atoms with E-state index in [0.717, 1.165) is 17.0 Å². The molecule has 0 aliphatic carbocycles. The number of hydrogen-bond donors (Lipinski definition) is 2. The highest BCUT2D eigenvalue weighted by Gasteiger charge is 2.29. The Morgan fingerprint density at radius 3 is 2.62 bits per heavy atom. The first kappa shape index (κ1) is 19.7. The van der Waals surface area contributed by atoms with Crippen LogP contribution in [0.1, 0.15) is 10.4 Å². The quantitative estimate of drug-likeness (QED) is 0.566. The van der Waals surface area contributed by atoms with E-state index in [1.54, 1.807) is 0 Å². The summed E-state index contributed by atoms with van der Waals surface area (Å²) >= 11 is 0. The maximum Gasteiger partial charge on any atom is 0.271 e. The van der Waals surface area contributed by atoms with E-state index in [9.17, 15) is 33.3 Å². The second-order valence-electron chi connectivity index (χ2n) is 5.90. The molecule has 12 heteroatoms. The predicted octanol–water partition coefficient (Wildman–Crippen LogP) is 1.34. The van der Waals surface area contributed by atoms with Gasteiger partial charge >= 0.3 is 0 Å². The first-order chi connectivity index (χ1) is 13.7. The van der Waals surface area contributed by atoms with Crippen LogP contribution >= 0.6 is 0 Å². The van der Waals surface area contributed by atoms with Crippen LogP contribution in [0, 0.1) is 21.7 Å². The number of nitrogens with two attached hydrogens (primary N) is 1. The van der Waals surface area contributed by atoms with Crippen molar-refractivity contribution in [3.05, 3.63) is 57.6 Å². The normalized spacial score (nSPS) is 12.8. The number of nitro benzene ring substituents is 1. The lowest BCUT2D eigenvalue weighted by Gasteiger charge is -2.28. The van der Waals surface area contributed by atoms with Crippen molar-refractivity contribution in [1.82, 2.24) is 0 Å². The lowest BCUT2D eigenvalue weighted by molar-refractivity contribution is -0.384. The van der Waals surface area contributed by atoms with Gasteiger partial charge in [0, 0.05) is 18.2 Å². The van der Waals surface area contributed by atoms with Gasteiger partial charge in [-0.25, -0.2) is 8.78 Å². The Hall–Kier alpha value is -4.09. The molecule has 150 valence electrons. The summed E-state index contributed by atoms with van der Waals surface area (Å²) in [6.45, 7) is -1.05. The number of rotatable bonds is 5. The second-order valence-corrected chi connectivity index (χ2v) is 5.90. The van der Waals surface area contributed by atoms with Crippen LogP contribution in [0.15, 0.2) is 30.3 Å². The number of nitrogens with one attached hydrogen (secondary N) is 1. The van der Waals surface area contributed by atoms with Crippen LogP contribution < -0.4 is 20.7 Å². The molecule has 0 spiro atoms. The molecular weight excluding hydrogens is 394 g/mol. The van der Waals surface area contributed by atoms with E-state index in [4.69, 9.17) is 10.5 Å². The van der Waals surface area contributed by atoms with Crippen molar-refractivity contribution in [2.75, 3.05) is 23.4 Å². The predicted molar refractivity (Wildman–Crippen MR) is 94.5 cm³/mol. The van der Waals surface area contributed by atoms with E-state index in [1.165, 1.54) is 12.1 Å². The van der Waals surface area contributed by atoms with Gasteiger partial charge in [-0.2, -0.15) is 0 Å². The van der Waals surface area contributed by atoms with Gasteiger partial charge in [0.15, 0.2) is 6.61 Å². The molecule has 29 heavy (non-hydrogen) atoms. The smallest absolute Gasteiger partial charge is 0.271 e. The number of primary amides is 1. The molecule has 3 rings (SSSR count). The molecule has 1 aliphatic heterocycles. The average Bonchev–Trinajstić information content (AvgIpc) is 2.65. The Labute approximate surface area is 161 Å². The number of nitro groups is 1. The van der Waals surface area contributed by atoms with Crippen molar-refractivity contribution >= 4 is 34.8 Å². The van der Waals surface area contributed by atoms with Crippen molar-refractivity contribution in [3.8, 4) is 5.75 Å². The van der Waals surface area contributed by atoms with E-state index in [0.29, 0.717) is 6.07 Å². The van der Waals surface area contributed by atoms with Gasteiger partial charge in [0.2, 0.25) is 5.91 Å². The molecule has 0 aromatic heterocycles. The molecule has 0 fully saturated rings. The Morgan fingerprint density at radius 2 is 1.97 bits per heavy atom. The highest BCUT2D eigenvalue weighted by atomic mass is 19.1. The van der Waals surface area contributed by atoms with Gasteiger partial charge < -0.3 is 15.8 Å². The number of nitrogens with zero attached hydrogens (tertiary/aromatic N) is 2. The first-order valence-electron chi connectivity index (χ1n) is 7.97. The number of halogens is 2. The molecule has 0 unspecified atom stereocenters. The molecule has 2 aromatic rings. The zero-order valence-electron chi connectivity index (χ0n) is 14.5. The average molecular weight is 406 g/mol. The molecule has 3 N–H and O–H groups in total. The number of fused-ring (bicyclic) bond motifs is 1. The van der Waals surface area contributed by atoms with E-state index in [-0.39, 0.29) is 17.1 Å². The van der Waals surface area contributed by atoms with E-state index < -0.39 is 58.7 Å². The van der Waals surface area contributed by atoms with Crippen LogP contribution in [0.4, 0.5) is 25.8 Å². The largest absolute Gasteiger partial charge is 0.482 e. The third-order valence-electron chi connectivity index (χ3n) is 3.99. The number of amides is 3. The van der Waals surface area contributed by atoms with Crippen molar-refractivity contribution < 1.29 is 32.8 Å². The van der Waals surface area contributed by atoms with E-state index >= 15 is 0 Å². The molecule has 1 heterocycles. The Balaban J connectivity index is 1.86. The molecule has 0 radical (unpaired) electrons. The maximum atomic E-state index is 13.9. The van der Waals surface area contributed by atoms with Crippen LogP contribution in [0.25, 0.3) is 0 Å². The number of anilines is 2. The lowest BCUT2D eigenvalue weighted by Crippen LogP contribution is -2.43. The van der Waals surface area contributed by atoms with Crippen LogP contribution in [0.5, 0.6) is 5.75 Å². The standard InChI is InChI=1S/C17H12F2N4O6/c18-10-5-11(19)12(4-9(10)17(20)26)21-15(24)6-22-13-3-8(23(27)28)1-2-14(13)29-7-16(22)25/h1-5H,6-7H2,(H2,20,26)(H,21,24). The summed E-state index contributed by atoms with van der Waals surface area (Å²) in [6.07, 6.45) is 0. The zero-order valence-corrected chi connectivity index (χ0v) is 14.5. The monoisotopic (exact) mass is 406 g/mol. The van der Waals surface area contributed by atoms with Gasteiger partial charge in [-0.15, -0.1) is 0 Å². The molecule has 0 atom stereocenters. The number of non-ortho nitro benzene ring substituents is 1. The minimum atomic E-state index is -1.20. The van der Waals surface area contributed by atoms with Crippen molar-refractivity contribution in [2.45, 2.75) is 0 Å². The molecule has 3 amide bonds. The molecule has 1 aliphatic rings. The topological polar surface area (TPSA) is 145 Å². The van der Waals surface area contributed by atoms with Crippen LogP contribution in [-0.4, -0.2) is 35.8 Å². The number of carbonyl (C=O) groups excluding carboxylic acids is 3. The Kier molecular flexibility index (Phi) is 5.08. The van der Waals surface area contributed by atoms with Crippen molar-refractivity contribution in [2.24, 2.45) is 5.73 Å². The third-order valence-corrected chi connectivity index (χ3v) is 3.99. The summed E-state index contributed by atoms with van der Waals surface area (Å²) in [6, 6.07) is 4.62. The summed E-state index contributed by atoms with van der Waals surface area (Å²) in [4.78, 5) is 46.9. The number of ether oxygens (including phenoxy) is 1. The molecule has 0 bridgehead atoms. The van der Waals surface area contributed by atoms with Crippen LogP contribution in [-0.2, 0) is 9.59 Å². The summed E-state index contributed by atoms with van der Waals surface area (Å²) < 4.78 is 32.6. The maximum absolute atomic E-state index is 13.9. The SMILES string of the molecule is NC(=O)c1cc(NC(=O)CN2C(=O)COc3ccc([N+](=O)[O-])cc32)c(F)cc1F. The van der Waals surface area contributed by atoms with Gasteiger partial charge in [-0.3, -0.25) is 29.4 Å². The van der Waals surface area contributed by atoms with Gasteiger partial charge in [0.05, 0.1) is 21.9 Å². The van der Waals surface area contributed by atoms with E-state index in [2.05, 4.69) is 5.32 Å². The fourth-order valence-electron chi connectivity index (χ4n) is 2.64. The molecule has 0 saturated carbocycles. The van der Waals surface area contributed by atoms with Crippen molar-refractivity contribution in [3.63, 3.8) is 0 Å². The Bertz CT molecular complexity index is 1060. The van der Waals surface area contributed by atoms with Gasteiger partial charge in [-0.05, 0) is 12.1 Å². The van der Waals surface area contributed by atoms with Crippen LogP contribution in [0.3, 0.4) is 0 Å². The number of benzene rings is 2. The summed E-state index contributed by atoms with van der Waals surface area (Å²) in [5, 5.41) is 13.1. The zero-order chi connectivity index (χ0) is 21.3. The van der Waals surface area contributed by atoms with Crippen LogP contribution in [0.2, 0.25) is 0 Å². The van der Waals surface area contributed by atoms with Gasteiger partial charge in [0.1, 0.15) is 23.9 Å². The second kappa shape index (κ2) is 7.50. The minimum Gasteiger partial charge on any atom is -0.482 e. The summed E-state index contributed by atoms with van der Waals surface area (Å²) in [5.41, 5.74) is 3.49. The Morgan fingerprint density at radius 1 is 1.24 bits per heavy atom.